The Labute approximate surface area is 103 Å². The standard InChI is InChI=1S/C10H13N3O3S/c1-17-5-3-8(10(15)16)13-9(14)7-2-4-11-6-12-7/h2,4,6,8H,3,5H2,1H3,(H,13,14)(H,15,16)/t8-/m0/s1. The molecule has 0 aliphatic carbocycles. The van der Waals surface area contributed by atoms with Crippen LogP contribution in [0.2, 0.25) is 0 Å². The van der Waals surface area contributed by atoms with Crippen molar-refractivity contribution in [2.24, 2.45) is 0 Å². The first-order valence-electron chi connectivity index (χ1n) is 4.93. The van der Waals surface area contributed by atoms with Gasteiger partial charge in [-0.05, 0) is 24.5 Å². The second-order valence-corrected chi connectivity index (χ2v) is 4.23. The van der Waals surface area contributed by atoms with E-state index in [4.69, 9.17) is 5.11 Å². The van der Waals surface area contributed by atoms with Crippen molar-refractivity contribution in [1.29, 1.82) is 0 Å². The van der Waals surface area contributed by atoms with Crippen molar-refractivity contribution in [3.05, 3.63) is 24.3 Å². The van der Waals surface area contributed by atoms with Crippen molar-refractivity contribution >= 4 is 23.6 Å². The summed E-state index contributed by atoms with van der Waals surface area (Å²) in [5.41, 5.74) is 0.162. The number of nitrogens with one attached hydrogen (secondary N) is 1. The zero-order chi connectivity index (χ0) is 12.7. The molecule has 0 spiro atoms. The molecule has 0 radical (unpaired) electrons. The van der Waals surface area contributed by atoms with E-state index < -0.39 is 17.9 Å². The minimum absolute atomic E-state index is 0.162. The summed E-state index contributed by atoms with van der Waals surface area (Å²) >= 11 is 1.53. The minimum Gasteiger partial charge on any atom is -0.480 e. The normalized spacial score (nSPS) is 11.8. The van der Waals surface area contributed by atoms with E-state index in [0.29, 0.717) is 12.2 Å². The summed E-state index contributed by atoms with van der Waals surface area (Å²) in [7, 11) is 0. The van der Waals surface area contributed by atoms with Gasteiger partial charge in [0, 0.05) is 6.20 Å². The van der Waals surface area contributed by atoms with Gasteiger partial charge in [0.25, 0.3) is 5.91 Å². The second kappa shape index (κ2) is 6.85. The molecule has 1 aromatic heterocycles. The van der Waals surface area contributed by atoms with Crippen LogP contribution in [-0.2, 0) is 4.79 Å². The highest BCUT2D eigenvalue weighted by Crippen LogP contribution is 2.02. The summed E-state index contributed by atoms with van der Waals surface area (Å²) in [6.45, 7) is 0. The minimum atomic E-state index is -1.04. The molecule has 17 heavy (non-hydrogen) atoms. The van der Waals surface area contributed by atoms with Crippen LogP contribution in [0.25, 0.3) is 0 Å². The van der Waals surface area contributed by atoms with Gasteiger partial charge in [-0.1, -0.05) is 0 Å². The molecule has 1 atom stereocenters. The predicted octanol–water partition coefficient (Wildman–Crippen LogP) is 0.413. The zero-order valence-electron chi connectivity index (χ0n) is 9.29. The Hall–Kier alpha value is -1.63. The Morgan fingerprint density at radius 1 is 1.59 bits per heavy atom. The third-order valence-corrected chi connectivity index (χ3v) is 2.67. The lowest BCUT2D eigenvalue weighted by Crippen LogP contribution is -2.41. The number of carbonyl (C=O) groups is 2. The van der Waals surface area contributed by atoms with Crippen LogP contribution < -0.4 is 5.32 Å². The van der Waals surface area contributed by atoms with Gasteiger partial charge in [0.15, 0.2) is 0 Å². The summed E-state index contributed by atoms with van der Waals surface area (Å²) in [6.07, 6.45) is 4.94. The predicted molar refractivity (Wildman–Crippen MR) is 63.9 cm³/mol. The molecule has 0 unspecified atom stereocenters. The third kappa shape index (κ3) is 4.39. The number of thioether (sulfide) groups is 1. The van der Waals surface area contributed by atoms with E-state index in [9.17, 15) is 9.59 Å². The van der Waals surface area contributed by atoms with Crippen LogP contribution in [0.3, 0.4) is 0 Å². The summed E-state index contributed by atoms with van der Waals surface area (Å²) in [5, 5.41) is 11.4. The molecule has 0 aromatic carbocycles. The Morgan fingerprint density at radius 3 is 2.88 bits per heavy atom. The molecule has 0 aliphatic rings. The average Bonchev–Trinajstić information content (AvgIpc) is 2.35. The third-order valence-electron chi connectivity index (χ3n) is 2.03. The van der Waals surface area contributed by atoms with Crippen molar-refractivity contribution < 1.29 is 14.7 Å². The Bertz CT molecular complexity index is 386. The van der Waals surface area contributed by atoms with Gasteiger partial charge in [0.05, 0.1) is 0 Å². The lowest BCUT2D eigenvalue weighted by molar-refractivity contribution is -0.139. The molecule has 1 rings (SSSR count). The maximum absolute atomic E-state index is 11.7. The molecule has 7 heteroatoms. The van der Waals surface area contributed by atoms with Crippen LogP contribution in [0, 0.1) is 0 Å². The van der Waals surface area contributed by atoms with E-state index in [0.717, 1.165) is 0 Å². The number of amides is 1. The summed E-state index contributed by atoms with van der Waals surface area (Å²) in [4.78, 5) is 30.0. The van der Waals surface area contributed by atoms with E-state index in [2.05, 4.69) is 15.3 Å². The number of aliphatic carboxylic acids is 1. The first kappa shape index (κ1) is 13.4. The molecule has 0 bridgehead atoms. The SMILES string of the molecule is CSCC[C@H](NC(=O)c1ccncn1)C(=O)O. The number of nitrogens with zero attached hydrogens (tertiary/aromatic N) is 2. The second-order valence-electron chi connectivity index (χ2n) is 3.24. The molecular weight excluding hydrogens is 242 g/mol. The van der Waals surface area contributed by atoms with Crippen LogP contribution in [0.4, 0.5) is 0 Å². The van der Waals surface area contributed by atoms with Crippen LogP contribution in [0.15, 0.2) is 18.6 Å². The number of carboxylic acids is 1. The molecule has 6 nitrogen and oxygen atoms in total. The maximum atomic E-state index is 11.7. The summed E-state index contributed by atoms with van der Waals surface area (Å²) < 4.78 is 0. The van der Waals surface area contributed by atoms with Crippen molar-refractivity contribution in [2.45, 2.75) is 12.5 Å². The van der Waals surface area contributed by atoms with Gasteiger partial charge in [-0.25, -0.2) is 14.8 Å². The maximum Gasteiger partial charge on any atom is 0.326 e. The Kier molecular flexibility index (Phi) is 5.41. The van der Waals surface area contributed by atoms with E-state index in [1.807, 2.05) is 6.26 Å². The van der Waals surface area contributed by atoms with E-state index >= 15 is 0 Å². The topological polar surface area (TPSA) is 92.2 Å². The monoisotopic (exact) mass is 255 g/mol. The van der Waals surface area contributed by atoms with Gasteiger partial charge in [-0.15, -0.1) is 0 Å². The highest BCUT2D eigenvalue weighted by molar-refractivity contribution is 7.98. The van der Waals surface area contributed by atoms with Gasteiger partial charge in [-0.2, -0.15) is 11.8 Å². The lowest BCUT2D eigenvalue weighted by Gasteiger charge is -2.13. The first-order chi connectivity index (χ1) is 8.15. The number of rotatable bonds is 6. The molecule has 2 N–H and O–H groups in total. The van der Waals surface area contributed by atoms with Crippen molar-refractivity contribution in [3.8, 4) is 0 Å². The fourth-order valence-corrected chi connectivity index (χ4v) is 1.62. The lowest BCUT2D eigenvalue weighted by atomic mass is 10.2. The van der Waals surface area contributed by atoms with Crippen LogP contribution in [0.1, 0.15) is 16.9 Å². The van der Waals surface area contributed by atoms with Crippen LogP contribution >= 0.6 is 11.8 Å². The molecule has 92 valence electrons. The molecule has 1 aromatic rings. The number of hydrogen-bond donors (Lipinski definition) is 2. The molecule has 1 heterocycles. The van der Waals surface area contributed by atoms with Gasteiger partial charge in [-0.3, -0.25) is 4.79 Å². The summed E-state index contributed by atoms with van der Waals surface area (Å²) in [6, 6.07) is 0.549. The highest BCUT2D eigenvalue weighted by atomic mass is 32.2. The fourth-order valence-electron chi connectivity index (χ4n) is 1.15. The van der Waals surface area contributed by atoms with E-state index in [1.54, 1.807) is 0 Å². The van der Waals surface area contributed by atoms with Crippen molar-refractivity contribution in [2.75, 3.05) is 12.0 Å². The quantitative estimate of drug-likeness (QED) is 0.765. The van der Waals surface area contributed by atoms with Gasteiger partial charge in [0.2, 0.25) is 0 Å². The molecule has 0 aliphatic heterocycles. The number of hydrogen-bond acceptors (Lipinski definition) is 5. The molecule has 0 saturated heterocycles. The highest BCUT2D eigenvalue weighted by Gasteiger charge is 2.20. The molecule has 0 fully saturated rings. The Morgan fingerprint density at radius 2 is 2.35 bits per heavy atom. The van der Waals surface area contributed by atoms with Crippen molar-refractivity contribution in [1.82, 2.24) is 15.3 Å². The molecular formula is C10H13N3O3S. The van der Waals surface area contributed by atoms with Crippen molar-refractivity contribution in [3.63, 3.8) is 0 Å². The van der Waals surface area contributed by atoms with Crippen LogP contribution in [0.5, 0.6) is 0 Å². The van der Waals surface area contributed by atoms with E-state index in [-0.39, 0.29) is 5.69 Å². The first-order valence-corrected chi connectivity index (χ1v) is 6.33. The fraction of sp³-hybridized carbons (Fsp3) is 0.400. The van der Waals surface area contributed by atoms with E-state index in [1.165, 1.54) is 30.4 Å². The zero-order valence-corrected chi connectivity index (χ0v) is 10.1. The number of aromatic nitrogens is 2. The average molecular weight is 255 g/mol. The summed E-state index contributed by atoms with van der Waals surface area (Å²) in [5.74, 6) is -0.872. The number of carbonyl (C=O) groups excluding carboxylic acids is 1. The largest absolute Gasteiger partial charge is 0.480 e. The van der Waals surface area contributed by atoms with Gasteiger partial charge in [0.1, 0.15) is 18.1 Å². The van der Waals surface area contributed by atoms with Gasteiger partial charge >= 0.3 is 5.97 Å². The number of carboxylic acid groups (broad SMARTS) is 1. The molecule has 0 saturated carbocycles. The smallest absolute Gasteiger partial charge is 0.326 e. The van der Waals surface area contributed by atoms with Gasteiger partial charge < -0.3 is 10.4 Å². The Balaban J connectivity index is 2.61. The van der Waals surface area contributed by atoms with Crippen LogP contribution in [-0.4, -0.2) is 45.0 Å². The molecule has 1 amide bonds.